The molecule has 0 bridgehead atoms. The molecule has 0 atom stereocenters. The molecule has 0 saturated carbocycles. The highest BCUT2D eigenvalue weighted by Crippen LogP contribution is 2.26. The summed E-state index contributed by atoms with van der Waals surface area (Å²) in [4.78, 5) is 11.5. The number of benzene rings is 1. The van der Waals surface area contributed by atoms with Gasteiger partial charge in [0.15, 0.2) is 0 Å². The van der Waals surface area contributed by atoms with Crippen molar-refractivity contribution in [2.45, 2.75) is 11.4 Å². The molecule has 9 heteroatoms. The average molecular weight is 391 g/mol. The summed E-state index contributed by atoms with van der Waals surface area (Å²) in [6.07, 6.45) is 3.04. The number of carbonyl (C=O) groups is 1. The van der Waals surface area contributed by atoms with Crippen LogP contribution >= 0.6 is 0 Å². The number of sulfonamides is 1. The molecule has 2 aromatic heterocycles. The molecule has 0 fully saturated rings. The molecule has 0 unspecified atom stereocenters. The van der Waals surface area contributed by atoms with Crippen LogP contribution in [0.4, 0.5) is 0 Å². The first-order valence-electron chi connectivity index (χ1n) is 7.82. The number of hydrogen-bond donors (Lipinski definition) is 1. The van der Waals surface area contributed by atoms with Crippen LogP contribution in [0.5, 0.6) is 5.75 Å². The lowest BCUT2D eigenvalue weighted by atomic mass is 10.2. The van der Waals surface area contributed by atoms with Gasteiger partial charge >= 0.3 is 5.97 Å². The highest BCUT2D eigenvalue weighted by atomic mass is 32.2. The van der Waals surface area contributed by atoms with Gasteiger partial charge in [0.1, 0.15) is 28.4 Å². The average Bonchev–Trinajstić information content (AvgIpc) is 3.36. The molecule has 0 spiro atoms. The van der Waals surface area contributed by atoms with Gasteiger partial charge in [0.05, 0.1) is 38.2 Å². The van der Waals surface area contributed by atoms with Crippen molar-refractivity contribution in [2.75, 3.05) is 14.2 Å². The van der Waals surface area contributed by atoms with E-state index >= 15 is 0 Å². The fraction of sp³-hybridized carbons (Fsp3) is 0.167. The van der Waals surface area contributed by atoms with Crippen molar-refractivity contribution in [3.8, 4) is 17.1 Å². The Morgan fingerprint density at radius 3 is 2.63 bits per heavy atom. The Bertz CT molecular complexity index is 1040. The smallest absolute Gasteiger partial charge is 0.337 e. The number of rotatable bonds is 7. The van der Waals surface area contributed by atoms with E-state index in [1.807, 2.05) is 0 Å². The Kier molecular flexibility index (Phi) is 5.33. The predicted octanol–water partition coefficient (Wildman–Crippen LogP) is 2.81. The van der Waals surface area contributed by atoms with Gasteiger partial charge in [0, 0.05) is 0 Å². The number of hydrogen-bond acceptors (Lipinski definition) is 7. The normalized spacial score (nSPS) is 11.3. The molecule has 2 heterocycles. The Morgan fingerprint density at radius 2 is 1.96 bits per heavy atom. The maximum absolute atomic E-state index is 12.7. The van der Waals surface area contributed by atoms with E-state index in [1.165, 1.54) is 44.9 Å². The molecule has 1 N–H and O–H groups in total. The number of esters is 1. The number of ether oxygens (including phenoxy) is 2. The van der Waals surface area contributed by atoms with Gasteiger partial charge < -0.3 is 18.3 Å². The lowest BCUT2D eigenvalue weighted by molar-refractivity contribution is 0.0600. The van der Waals surface area contributed by atoms with Gasteiger partial charge in [-0.3, -0.25) is 0 Å². The molecule has 8 nitrogen and oxygen atoms in total. The minimum Gasteiger partial charge on any atom is -0.495 e. The third-order valence-electron chi connectivity index (χ3n) is 3.78. The summed E-state index contributed by atoms with van der Waals surface area (Å²) in [6, 6.07) is 9.13. The summed E-state index contributed by atoms with van der Waals surface area (Å²) < 4.78 is 48.1. The summed E-state index contributed by atoms with van der Waals surface area (Å²) in [5.41, 5.74) is 0.843. The fourth-order valence-electron chi connectivity index (χ4n) is 2.41. The van der Waals surface area contributed by atoms with Crippen LogP contribution < -0.4 is 9.46 Å². The highest BCUT2D eigenvalue weighted by Gasteiger charge is 2.22. The van der Waals surface area contributed by atoms with Gasteiger partial charge in [-0.05, 0) is 36.4 Å². The molecule has 0 saturated heterocycles. The van der Waals surface area contributed by atoms with Crippen LogP contribution in [0.2, 0.25) is 0 Å². The predicted molar refractivity (Wildman–Crippen MR) is 94.8 cm³/mol. The van der Waals surface area contributed by atoms with Gasteiger partial charge in [-0.1, -0.05) is 0 Å². The van der Waals surface area contributed by atoms with Gasteiger partial charge in [-0.15, -0.1) is 0 Å². The molecular formula is C18H17NO7S. The first-order valence-corrected chi connectivity index (χ1v) is 9.30. The van der Waals surface area contributed by atoms with Crippen molar-refractivity contribution in [1.82, 2.24) is 4.72 Å². The molecule has 0 amide bonds. The van der Waals surface area contributed by atoms with E-state index in [0.29, 0.717) is 11.5 Å². The molecule has 3 rings (SSSR count). The van der Waals surface area contributed by atoms with Crippen LogP contribution in [0.15, 0.2) is 62.7 Å². The number of carbonyl (C=O) groups excluding carboxylic acids is 1. The number of nitrogens with one attached hydrogen (secondary N) is 1. The van der Waals surface area contributed by atoms with E-state index in [9.17, 15) is 13.2 Å². The minimum absolute atomic E-state index is 0.0776. The molecule has 0 aliphatic heterocycles. The van der Waals surface area contributed by atoms with Crippen molar-refractivity contribution in [2.24, 2.45) is 0 Å². The third-order valence-corrected chi connectivity index (χ3v) is 5.20. The summed E-state index contributed by atoms with van der Waals surface area (Å²) in [5, 5.41) is 0. The van der Waals surface area contributed by atoms with Crippen LogP contribution in [0, 0.1) is 0 Å². The zero-order valence-electron chi connectivity index (χ0n) is 14.6. The summed E-state index contributed by atoms with van der Waals surface area (Å²) in [5.74, 6) is 0.430. The standard InChI is InChI=1S/C18H17NO7S/c1-23-16-5-3-12(18(20)24-2)9-17(16)27(21,22)19-10-14-4-6-15(26-14)13-7-8-25-11-13/h3-9,11,19H,10H2,1-2H3. The van der Waals surface area contributed by atoms with Crippen LogP contribution in [-0.2, 0) is 21.3 Å². The van der Waals surface area contributed by atoms with Crippen molar-refractivity contribution in [3.63, 3.8) is 0 Å². The summed E-state index contributed by atoms with van der Waals surface area (Å²) in [6.45, 7) is -0.0776. The Balaban J connectivity index is 1.81. The van der Waals surface area contributed by atoms with E-state index in [4.69, 9.17) is 13.6 Å². The quantitative estimate of drug-likeness (QED) is 0.617. The van der Waals surface area contributed by atoms with Gasteiger partial charge in [0.25, 0.3) is 0 Å². The first kappa shape index (κ1) is 18.7. The largest absolute Gasteiger partial charge is 0.495 e. The highest BCUT2D eigenvalue weighted by molar-refractivity contribution is 7.89. The number of methoxy groups -OCH3 is 2. The maximum Gasteiger partial charge on any atom is 0.337 e. The topological polar surface area (TPSA) is 108 Å². The Labute approximate surface area is 155 Å². The second-order valence-electron chi connectivity index (χ2n) is 5.46. The van der Waals surface area contributed by atoms with Crippen LogP contribution in [-0.4, -0.2) is 28.6 Å². The molecule has 0 radical (unpaired) electrons. The lowest BCUT2D eigenvalue weighted by Crippen LogP contribution is -2.24. The van der Waals surface area contributed by atoms with Crippen molar-refractivity contribution in [3.05, 3.63) is 60.2 Å². The van der Waals surface area contributed by atoms with E-state index in [0.717, 1.165) is 5.56 Å². The fourth-order valence-corrected chi connectivity index (χ4v) is 3.59. The first-order chi connectivity index (χ1) is 12.9. The molecule has 142 valence electrons. The van der Waals surface area contributed by atoms with Crippen LogP contribution in [0.25, 0.3) is 11.3 Å². The molecule has 0 aliphatic rings. The molecule has 1 aromatic carbocycles. The van der Waals surface area contributed by atoms with E-state index < -0.39 is 16.0 Å². The second kappa shape index (κ2) is 7.68. The van der Waals surface area contributed by atoms with Crippen molar-refractivity contribution >= 4 is 16.0 Å². The molecule has 0 aliphatic carbocycles. The van der Waals surface area contributed by atoms with E-state index in [2.05, 4.69) is 9.46 Å². The van der Waals surface area contributed by atoms with Crippen molar-refractivity contribution in [1.29, 1.82) is 0 Å². The van der Waals surface area contributed by atoms with E-state index in [-0.39, 0.29) is 22.8 Å². The van der Waals surface area contributed by atoms with E-state index in [1.54, 1.807) is 18.2 Å². The minimum atomic E-state index is -3.97. The molecule has 27 heavy (non-hydrogen) atoms. The Hall–Kier alpha value is -3.04. The third kappa shape index (κ3) is 4.04. The zero-order chi connectivity index (χ0) is 19.4. The lowest BCUT2D eigenvalue weighted by Gasteiger charge is -2.11. The van der Waals surface area contributed by atoms with Gasteiger partial charge in [-0.25, -0.2) is 17.9 Å². The maximum atomic E-state index is 12.7. The van der Waals surface area contributed by atoms with Gasteiger partial charge in [0.2, 0.25) is 10.0 Å². The van der Waals surface area contributed by atoms with Crippen LogP contribution in [0.3, 0.4) is 0 Å². The summed E-state index contributed by atoms with van der Waals surface area (Å²) in [7, 11) is -1.41. The SMILES string of the molecule is COC(=O)c1ccc(OC)c(S(=O)(=O)NCc2ccc(-c3ccoc3)o2)c1. The summed E-state index contributed by atoms with van der Waals surface area (Å²) >= 11 is 0. The molecule has 3 aromatic rings. The second-order valence-corrected chi connectivity index (χ2v) is 7.20. The monoisotopic (exact) mass is 391 g/mol. The van der Waals surface area contributed by atoms with Crippen LogP contribution in [0.1, 0.15) is 16.1 Å². The number of furan rings is 2. The van der Waals surface area contributed by atoms with Crippen molar-refractivity contribution < 1.29 is 31.5 Å². The van der Waals surface area contributed by atoms with Gasteiger partial charge in [-0.2, -0.15) is 0 Å². The zero-order valence-corrected chi connectivity index (χ0v) is 15.4. The molecular weight excluding hydrogens is 374 g/mol. The Morgan fingerprint density at radius 1 is 1.15 bits per heavy atom.